The fourth-order valence-corrected chi connectivity index (χ4v) is 2.01. The molecule has 0 spiro atoms. The molecule has 0 saturated heterocycles. The third-order valence-corrected chi connectivity index (χ3v) is 2.87. The maximum Gasteiger partial charge on any atom is 0.435 e. The summed E-state index contributed by atoms with van der Waals surface area (Å²) in [6.45, 7) is 5.26. The van der Waals surface area contributed by atoms with Crippen LogP contribution in [0.5, 0.6) is 5.75 Å². The van der Waals surface area contributed by atoms with Crippen molar-refractivity contribution in [1.82, 2.24) is 9.78 Å². The molecule has 2 rings (SSSR count). The second-order valence-corrected chi connectivity index (χ2v) is 6.05. The molecule has 1 heterocycles. The number of alkyl halides is 3. The van der Waals surface area contributed by atoms with Crippen LogP contribution in [0.15, 0.2) is 18.2 Å². The molecule has 1 aromatic heterocycles. The Bertz CT molecular complexity index is 748. The molecule has 0 aliphatic carbocycles. The van der Waals surface area contributed by atoms with Crippen molar-refractivity contribution in [2.24, 2.45) is 5.73 Å². The van der Waals surface area contributed by atoms with E-state index in [2.05, 4.69) is 5.10 Å². The Labute approximate surface area is 136 Å². The van der Waals surface area contributed by atoms with E-state index in [-0.39, 0.29) is 29.8 Å². The summed E-state index contributed by atoms with van der Waals surface area (Å²) < 4.78 is 50.5. The Morgan fingerprint density at radius 1 is 1.29 bits per heavy atom. The van der Waals surface area contributed by atoms with Gasteiger partial charge >= 0.3 is 12.3 Å². The third-order valence-electron chi connectivity index (χ3n) is 2.87. The van der Waals surface area contributed by atoms with Gasteiger partial charge in [0.15, 0.2) is 5.69 Å². The summed E-state index contributed by atoms with van der Waals surface area (Å²) in [5.74, 6) is 0.284. The third kappa shape index (κ3) is 3.97. The van der Waals surface area contributed by atoms with Crippen molar-refractivity contribution in [2.45, 2.75) is 32.5 Å². The summed E-state index contributed by atoms with van der Waals surface area (Å²) in [6, 6.07) is 3.88. The van der Waals surface area contributed by atoms with E-state index >= 15 is 0 Å². The topological polar surface area (TPSA) is 79.4 Å². The minimum absolute atomic E-state index is 0.0499. The van der Waals surface area contributed by atoms with Crippen LogP contribution in [-0.4, -0.2) is 34.6 Å². The lowest BCUT2D eigenvalue weighted by atomic mass is 10.2. The van der Waals surface area contributed by atoms with Crippen LogP contribution in [0.25, 0.3) is 10.9 Å². The molecule has 132 valence electrons. The van der Waals surface area contributed by atoms with Crippen LogP contribution in [0, 0.1) is 0 Å². The quantitative estimate of drug-likeness (QED) is 0.924. The summed E-state index contributed by atoms with van der Waals surface area (Å²) in [5, 5.41) is 3.19. The molecule has 0 bridgehead atoms. The molecule has 0 fully saturated rings. The summed E-state index contributed by atoms with van der Waals surface area (Å²) in [6.07, 6.45) is -5.70. The van der Waals surface area contributed by atoms with Gasteiger partial charge < -0.3 is 15.2 Å². The molecule has 9 heteroatoms. The van der Waals surface area contributed by atoms with Crippen LogP contribution in [0.1, 0.15) is 26.5 Å². The van der Waals surface area contributed by atoms with Gasteiger partial charge in [0, 0.05) is 18.0 Å². The number of ether oxygens (including phenoxy) is 2. The van der Waals surface area contributed by atoms with Crippen LogP contribution in [0.4, 0.5) is 18.0 Å². The molecule has 0 saturated carbocycles. The van der Waals surface area contributed by atoms with Gasteiger partial charge in [0.05, 0.1) is 5.52 Å². The highest BCUT2D eigenvalue weighted by molar-refractivity contribution is 5.91. The number of nitrogens with two attached hydrogens (primary N) is 1. The number of rotatable bonds is 3. The van der Waals surface area contributed by atoms with Crippen molar-refractivity contribution < 1.29 is 27.4 Å². The number of hydrogen-bond acceptors (Lipinski definition) is 5. The maximum atomic E-state index is 13.2. The van der Waals surface area contributed by atoms with Crippen LogP contribution in [0.3, 0.4) is 0 Å². The lowest BCUT2D eigenvalue weighted by molar-refractivity contribution is -0.140. The lowest BCUT2D eigenvalue weighted by Crippen LogP contribution is -2.28. The van der Waals surface area contributed by atoms with Gasteiger partial charge in [-0.1, -0.05) is 0 Å². The zero-order valence-electron chi connectivity index (χ0n) is 13.5. The van der Waals surface area contributed by atoms with Gasteiger partial charge in [0.2, 0.25) is 0 Å². The Balaban J connectivity index is 2.57. The van der Waals surface area contributed by atoms with E-state index in [0.29, 0.717) is 4.68 Å². The van der Waals surface area contributed by atoms with Gasteiger partial charge in [0.1, 0.15) is 18.0 Å². The second-order valence-electron chi connectivity index (χ2n) is 6.05. The molecule has 0 aliphatic rings. The van der Waals surface area contributed by atoms with E-state index in [1.807, 2.05) is 0 Å². The van der Waals surface area contributed by atoms with E-state index in [4.69, 9.17) is 15.2 Å². The molecular weight excluding hydrogens is 327 g/mol. The van der Waals surface area contributed by atoms with Gasteiger partial charge in [-0.05, 0) is 32.9 Å². The van der Waals surface area contributed by atoms with Gasteiger partial charge in [-0.25, -0.2) is 4.79 Å². The fraction of sp³-hybridized carbons (Fsp3) is 0.467. The van der Waals surface area contributed by atoms with Crippen molar-refractivity contribution in [3.05, 3.63) is 23.9 Å². The van der Waals surface area contributed by atoms with Gasteiger partial charge in [-0.3, -0.25) is 0 Å². The zero-order valence-corrected chi connectivity index (χ0v) is 13.5. The highest BCUT2D eigenvalue weighted by atomic mass is 19.4. The standard InChI is InChI=1S/C15H18F3N3O3/c1-14(2,3)24-13(22)21-11-8-9(23-7-6-19)4-5-10(11)12(20-21)15(16,17)18/h4-5,8H,6-7,19H2,1-3H3. The first-order valence-electron chi connectivity index (χ1n) is 7.19. The zero-order chi connectivity index (χ0) is 18.1. The summed E-state index contributed by atoms with van der Waals surface area (Å²) in [4.78, 5) is 12.2. The SMILES string of the molecule is CC(C)(C)OC(=O)n1nc(C(F)(F)F)c2ccc(OCCN)cc21. The molecule has 0 aliphatic heterocycles. The molecule has 24 heavy (non-hydrogen) atoms. The largest absolute Gasteiger partial charge is 0.492 e. The van der Waals surface area contributed by atoms with E-state index in [0.717, 1.165) is 0 Å². The van der Waals surface area contributed by atoms with E-state index in [9.17, 15) is 18.0 Å². The normalized spacial score (nSPS) is 12.5. The Morgan fingerprint density at radius 2 is 1.96 bits per heavy atom. The second kappa shape index (κ2) is 6.31. The average molecular weight is 345 g/mol. The molecule has 6 nitrogen and oxygen atoms in total. The average Bonchev–Trinajstić information content (AvgIpc) is 2.82. The molecule has 0 radical (unpaired) electrons. The molecule has 0 atom stereocenters. The van der Waals surface area contributed by atoms with Crippen LogP contribution < -0.4 is 10.5 Å². The first-order chi connectivity index (χ1) is 11.0. The molecular formula is C15H18F3N3O3. The first kappa shape index (κ1) is 18.1. The first-order valence-corrected chi connectivity index (χ1v) is 7.19. The van der Waals surface area contributed by atoms with Crippen molar-refractivity contribution in [1.29, 1.82) is 0 Å². The molecule has 2 aromatic rings. The number of halogens is 3. The summed E-state index contributed by atoms with van der Waals surface area (Å²) in [7, 11) is 0. The minimum atomic E-state index is -4.70. The Kier molecular flexibility index (Phi) is 4.75. The van der Waals surface area contributed by atoms with Crippen LogP contribution in [-0.2, 0) is 10.9 Å². The maximum absolute atomic E-state index is 13.2. The predicted octanol–water partition coefficient (Wildman–Crippen LogP) is 3.18. The molecule has 0 unspecified atom stereocenters. The number of carbonyl (C=O) groups is 1. The van der Waals surface area contributed by atoms with Crippen LogP contribution >= 0.6 is 0 Å². The number of fused-ring (bicyclic) bond motifs is 1. The van der Waals surface area contributed by atoms with Gasteiger partial charge in [0.25, 0.3) is 0 Å². The summed E-state index contributed by atoms with van der Waals surface area (Å²) >= 11 is 0. The van der Waals surface area contributed by atoms with Crippen molar-refractivity contribution in [3.8, 4) is 5.75 Å². The van der Waals surface area contributed by atoms with Crippen molar-refractivity contribution in [3.63, 3.8) is 0 Å². The Hall–Kier alpha value is -2.29. The number of hydrogen-bond donors (Lipinski definition) is 1. The highest BCUT2D eigenvalue weighted by Gasteiger charge is 2.38. The van der Waals surface area contributed by atoms with Gasteiger partial charge in [-0.2, -0.15) is 23.0 Å². The number of nitrogens with zero attached hydrogens (tertiary/aromatic N) is 2. The number of carbonyl (C=O) groups excluding carboxylic acids is 1. The smallest absolute Gasteiger partial charge is 0.435 e. The summed E-state index contributed by atoms with van der Waals surface area (Å²) in [5.41, 5.74) is 3.25. The minimum Gasteiger partial charge on any atom is -0.492 e. The van der Waals surface area contributed by atoms with Crippen molar-refractivity contribution >= 4 is 17.0 Å². The monoisotopic (exact) mass is 345 g/mol. The number of benzene rings is 1. The number of aromatic nitrogens is 2. The predicted molar refractivity (Wildman–Crippen MR) is 80.9 cm³/mol. The highest BCUT2D eigenvalue weighted by Crippen LogP contribution is 2.35. The molecule has 1 aromatic carbocycles. The van der Waals surface area contributed by atoms with E-state index in [1.54, 1.807) is 20.8 Å². The van der Waals surface area contributed by atoms with Gasteiger partial charge in [-0.15, -0.1) is 0 Å². The van der Waals surface area contributed by atoms with Crippen LogP contribution in [0.2, 0.25) is 0 Å². The lowest BCUT2D eigenvalue weighted by Gasteiger charge is -2.19. The Morgan fingerprint density at radius 3 is 2.50 bits per heavy atom. The van der Waals surface area contributed by atoms with Crippen molar-refractivity contribution in [2.75, 3.05) is 13.2 Å². The fourth-order valence-electron chi connectivity index (χ4n) is 2.01. The molecule has 0 amide bonds. The van der Waals surface area contributed by atoms with E-state index in [1.165, 1.54) is 18.2 Å². The van der Waals surface area contributed by atoms with E-state index < -0.39 is 23.6 Å². The molecule has 2 N–H and O–H groups in total.